The van der Waals surface area contributed by atoms with Gasteiger partial charge in [0.1, 0.15) is 6.61 Å². The quantitative estimate of drug-likeness (QED) is 0.340. The Balaban J connectivity index is 0.00000341. The second-order valence-corrected chi connectivity index (χ2v) is 7.87. The molecule has 0 aliphatic carbocycles. The van der Waals surface area contributed by atoms with E-state index in [2.05, 4.69) is 54.7 Å². The molecule has 3 rings (SSSR count). The Hall–Kier alpha value is -2.20. The maximum Gasteiger partial charge on any atom is 0.161 e. The molecule has 0 saturated heterocycles. The Kier molecular flexibility index (Phi) is 10.7. The van der Waals surface area contributed by atoms with Gasteiger partial charge in [0.15, 0.2) is 11.5 Å². The molecule has 1 N–H and O–H groups in total. The first-order valence-electron chi connectivity index (χ1n) is 10.5. The Morgan fingerprint density at radius 3 is 2.26 bits per heavy atom. The van der Waals surface area contributed by atoms with Gasteiger partial charge in [0.05, 0.1) is 6.61 Å². The highest BCUT2D eigenvalue weighted by Crippen LogP contribution is 2.29. The van der Waals surface area contributed by atoms with Gasteiger partial charge in [0.25, 0.3) is 0 Å². The summed E-state index contributed by atoms with van der Waals surface area (Å²) in [4.78, 5) is 0. The van der Waals surface area contributed by atoms with Gasteiger partial charge in [0, 0.05) is 17.6 Å². The molecule has 0 bridgehead atoms. The molecule has 1 atom stereocenters. The van der Waals surface area contributed by atoms with Crippen LogP contribution < -0.4 is 14.8 Å². The molecule has 166 valence electrons. The molecule has 1 unspecified atom stereocenters. The molecule has 0 radical (unpaired) electrons. The van der Waals surface area contributed by atoms with Crippen molar-refractivity contribution < 1.29 is 9.47 Å². The van der Waals surface area contributed by atoms with E-state index in [1.54, 1.807) is 0 Å². The topological polar surface area (TPSA) is 30.5 Å². The number of rotatable bonds is 11. The van der Waals surface area contributed by atoms with Crippen LogP contribution in [0.25, 0.3) is 0 Å². The van der Waals surface area contributed by atoms with Crippen LogP contribution in [-0.4, -0.2) is 12.6 Å². The summed E-state index contributed by atoms with van der Waals surface area (Å²) in [7, 11) is 0. The normalized spacial score (nSPS) is 11.5. The van der Waals surface area contributed by atoms with Crippen LogP contribution in [0.4, 0.5) is 0 Å². The van der Waals surface area contributed by atoms with Crippen LogP contribution in [0.15, 0.2) is 72.8 Å². The van der Waals surface area contributed by atoms with Crippen molar-refractivity contribution in [3.63, 3.8) is 0 Å². The average Bonchev–Trinajstić information content (AvgIpc) is 2.77. The summed E-state index contributed by atoms with van der Waals surface area (Å²) < 4.78 is 11.8. The van der Waals surface area contributed by atoms with E-state index >= 15 is 0 Å². The Bertz CT molecular complexity index is 901. The molecule has 0 spiro atoms. The van der Waals surface area contributed by atoms with Crippen LogP contribution in [0, 0.1) is 0 Å². The molecule has 0 amide bonds. The molecule has 31 heavy (non-hydrogen) atoms. The van der Waals surface area contributed by atoms with Crippen molar-refractivity contribution in [3.05, 3.63) is 94.5 Å². The summed E-state index contributed by atoms with van der Waals surface area (Å²) >= 11 is 5.95. The van der Waals surface area contributed by atoms with Gasteiger partial charge in [-0.2, -0.15) is 0 Å². The molecule has 0 aliphatic rings. The van der Waals surface area contributed by atoms with E-state index in [1.165, 1.54) is 11.1 Å². The molecular formula is C26H31Cl2NO2. The van der Waals surface area contributed by atoms with Crippen molar-refractivity contribution in [2.45, 2.75) is 45.9 Å². The number of nitrogens with one attached hydrogen (secondary N) is 1. The Labute approximate surface area is 197 Å². The van der Waals surface area contributed by atoms with Gasteiger partial charge < -0.3 is 14.8 Å². The van der Waals surface area contributed by atoms with Crippen LogP contribution in [0.3, 0.4) is 0 Å². The zero-order chi connectivity index (χ0) is 21.2. The predicted molar refractivity (Wildman–Crippen MR) is 132 cm³/mol. The van der Waals surface area contributed by atoms with Crippen LogP contribution in [0.5, 0.6) is 11.5 Å². The Morgan fingerprint density at radius 2 is 1.55 bits per heavy atom. The van der Waals surface area contributed by atoms with E-state index in [0.717, 1.165) is 41.5 Å². The number of halogens is 2. The summed E-state index contributed by atoms with van der Waals surface area (Å²) in [6.45, 7) is 6.09. The van der Waals surface area contributed by atoms with E-state index in [4.69, 9.17) is 21.1 Å². The lowest BCUT2D eigenvalue weighted by atomic mass is 10.1. The van der Waals surface area contributed by atoms with E-state index in [1.807, 2.05) is 37.3 Å². The highest BCUT2D eigenvalue weighted by Gasteiger charge is 2.09. The summed E-state index contributed by atoms with van der Waals surface area (Å²) in [5, 5.41) is 4.34. The van der Waals surface area contributed by atoms with Gasteiger partial charge >= 0.3 is 0 Å². The predicted octanol–water partition coefficient (Wildman–Crippen LogP) is 6.85. The van der Waals surface area contributed by atoms with Crippen LogP contribution >= 0.6 is 24.0 Å². The van der Waals surface area contributed by atoms with E-state index in [-0.39, 0.29) is 12.4 Å². The standard InChI is InChI=1S/C26H30ClNO2.ClH/c1-3-29-26-17-23(18-28-20(2)9-10-21-7-5-4-6-8-21)13-16-25(26)30-19-22-11-14-24(27)15-12-22;/h4-8,11-17,20,28H,3,9-10,18-19H2,1-2H3;1H. The lowest BCUT2D eigenvalue weighted by Gasteiger charge is -2.16. The van der Waals surface area contributed by atoms with Crippen LogP contribution in [0.2, 0.25) is 5.02 Å². The van der Waals surface area contributed by atoms with E-state index in [9.17, 15) is 0 Å². The van der Waals surface area contributed by atoms with Gasteiger partial charge in [-0.25, -0.2) is 0 Å². The molecule has 0 aliphatic heterocycles. The van der Waals surface area contributed by atoms with Crippen LogP contribution in [-0.2, 0) is 19.6 Å². The second-order valence-electron chi connectivity index (χ2n) is 7.44. The van der Waals surface area contributed by atoms with E-state index < -0.39 is 0 Å². The third kappa shape index (κ3) is 8.45. The Morgan fingerprint density at radius 1 is 0.839 bits per heavy atom. The number of benzene rings is 3. The minimum Gasteiger partial charge on any atom is -0.490 e. The number of aryl methyl sites for hydroxylation is 1. The van der Waals surface area contributed by atoms with Gasteiger partial charge in [-0.15, -0.1) is 12.4 Å². The number of hydrogen-bond acceptors (Lipinski definition) is 3. The minimum atomic E-state index is 0. The summed E-state index contributed by atoms with van der Waals surface area (Å²) in [5.74, 6) is 1.54. The first-order chi connectivity index (χ1) is 14.6. The molecule has 3 aromatic rings. The lowest BCUT2D eigenvalue weighted by molar-refractivity contribution is 0.269. The highest BCUT2D eigenvalue weighted by atomic mass is 35.5. The summed E-state index contributed by atoms with van der Waals surface area (Å²) in [6.07, 6.45) is 2.18. The van der Waals surface area contributed by atoms with E-state index in [0.29, 0.717) is 19.3 Å². The third-order valence-electron chi connectivity index (χ3n) is 4.98. The second kappa shape index (κ2) is 13.3. The van der Waals surface area contributed by atoms with Crippen molar-refractivity contribution in [1.82, 2.24) is 5.32 Å². The molecule has 3 aromatic carbocycles. The number of ether oxygens (including phenoxy) is 2. The fraction of sp³-hybridized carbons (Fsp3) is 0.308. The van der Waals surface area contributed by atoms with Crippen molar-refractivity contribution in [2.75, 3.05) is 6.61 Å². The molecule has 5 heteroatoms. The maximum atomic E-state index is 6.00. The molecule has 0 heterocycles. The monoisotopic (exact) mass is 459 g/mol. The van der Waals surface area contributed by atoms with Gasteiger partial charge in [-0.05, 0) is 67.6 Å². The van der Waals surface area contributed by atoms with Gasteiger partial charge in [0.2, 0.25) is 0 Å². The zero-order valence-electron chi connectivity index (χ0n) is 18.1. The minimum absolute atomic E-state index is 0. The number of hydrogen-bond donors (Lipinski definition) is 1. The lowest BCUT2D eigenvalue weighted by Crippen LogP contribution is -2.26. The first kappa shape index (κ1) is 25.1. The third-order valence-corrected chi connectivity index (χ3v) is 5.23. The average molecular weight is 460 g/mol. The highest BCUT2D eigenvalue weighted by molar-refractivity contribution is 6.30. The van der Waals surface area contributed by atoms with Crippen LogP contribution in [0.1, 0.15) is 37.0 Å². The van der Waals surface area contributed by atoms with Crippen molar-refractivity contribution in [2.24, 2.45) is 0 Å². The fourth-order valence-corrected chi connectivity index (χ4v) is 3.34. The van der Waals surface area contributed by atoms with Gasteiger partial charge in [-0.3, -0.25) is 0 Å². The molecular weight excluding hydrogens is 429 g/mol. The largest absolute Gasteiger partial charge is 0.490 e. The molecule has 3 nitrogen and oxygen atoms in total. The van der Waals surface area contributed by atoms with Crippen molar-refractivity contribution in [1.29, 1.82) is 0 Å². The van der Waals surface area contributed by atoms with Crippen molar-refractivity contribution >= 4 is 24.0 Å². The fourth-order valence-electron chi connectivity index (χ4n) is 3.21. The zero-order valence-corrected chi connectivity index (χ0v) is 19.7. The first-order valence-corrected chi connectivity index (χ1v) is 10.9. The molecule has 0 fully saturated rings. The maximum absolute atomic E-state index is 6.00. The summed E-state index contributed by atoms with van der Waals surface area (Å²) in [5.41, 5.74) is 3.63. The smallest absolute Gasteiger partial charge is 0.161 e. The van der Waals surface area contributed by atoms with Crippen molar-refractivity contribution in [3.8, 4) is 11.5 Å². The summed E-state index contributed by atoms with van der Waals surface area (Å²) in [6, 6.07) is 24.9. The SMILES string of the molecule is CCOc1cc(CNC(C)CCc2ccccc2)ccc1OCc1ccc(Cl)cc1.Cl. The molecule has 0 saturated carbocycles. The van der Waals surface area contributed by atoms with Gasteiger partial charge in [-0.1, -0.05) is 60.1 Å². The molecule has 0 aromatic heterocycles.